The van der Waals surface area contributed by atoms with Crippen molar-refractivity contribution in [1.29, 1.82) is 0 Å². The number of pyridine rings is 1. The maximum Gasteiger partial charge on any atom is 0.260 e. The molecule has 0 bridgehead atoms. The summed E-state index contributed by atoms with van der Waals surface area (Å²) in [4.78, 5) is 12.6. The molecule has 1 aromatic carbocycles. The molecule has 9 heteroatoms. The average molecular weight is 368 g/mol. The SMILES string of the molecule is NCc1ccn2ncc(C(=O)Nc3cc(-c4cccc(F)c4F)[nH]n3)c2c1. The van der Waals surface area contributed by atoms with Gasteiger partial charge in [0.25, 0.3) is 5.91 Å². The van der Waals surface area contributed by atoms with Crippen LogP contribution in [0.5, 0.6) is 0 Å². The van der Waals surface area contributed by atoms with E-state index in [0.717, 1.165) is 11.6 Å². The van der Waals surface area contributed by atoms with Gasteiger partial charge in [0.2, 0.25) is 0 Å². The lowest BCUT2D eigenvalue weighted by Gasteiger charge is -2.02. The van der Waals surface area contributed by atoms with Gasteiger partial charge in [-0.25, -0.2) is 13.3 Å². The van der Waals surface area contributed by atoms with Gasteiger partial charge >= 0.3 is 0 Å². The van der Waals surface area contributed by atoms with Crippen molar-refractivity contribution in [2.75, 3.05) is 5.32 Å². The Bertz CT molecular complexity index is 1150. The normalized spacial score (nSPS) is 11.1. The monoisotopic (exact) mass is 368 g/mol. The number of fused-ring (bicyclic) bond motifs is 1. The van der Waals surface area contributed by atoms with Crippen LogP contribution in [0, 0.1) is 11.6 Å². The van der Waals surface area contributed by atoms with Crippen LogP contribution in [0.15, 0.2) is 48.8 Å². The fourth-order valence-electron chi connectivity index (χ4n) is 2.75. The van der Waals surface area contributed by atoms with Crippen molar-refractivity contribution in [3.63, 3.8) is 0 Å². The van der Waals surface area contributed by atoms with Gasteiger partial charge in [-0.05, 0) is 29.8 Å². The van der Waals surface area contributed by atoms with Crippen molar-refractivity contribution in [3.05, 3.63) is 71.6 Å². The summed E-state index contributed by atoms with van der Waals surface area (Å²) in [6.45, 7) is 0.338. The number of nitrogens with zero attached hydrogens (tertiary/aromatic N) is 3. The quantitative estimate of drug-likeness (QED) is 0.515. The molecule has 0 fully saturated rings. The molecule has 7 nitrogen and oxygen atoms in total. The van der Waals surface area contributed by atoms with Crippen molar-refractivity contribution in [2.45, 2.75) is 6.54 Å². The molecule has 0 spiro atoms. The van der Waals surface area contributed by atoms with E-state index in [9.17, 15) is 13.6 Å². The summed E-state index contributed by atoms with van der Waals surface area (Å²) in [5.41, 5.74) is 7.70. The van der Waals surface area contributed by atoms with E-state index in [-0.39, 0.29) is 17.1 Å². The van der Waals surface area contributed by atoms with E-state index in [1.165, 1.54) is 24.4 Å². The fourth-order valence-corrected chi connectivity index (χ4v) is 2.75. The molecule has 0 aliphatic rings. The van der Waals surface area contributed by atoms with E-state index in [1.54, 1.807) is 16.8 Å². The van der Waals surface area contributed by atoms with Gasteiger partial charge in [-0.3, -0.25) is 9.89 Å². The minimum Gasteiger partial charge on any atom is -0.326 e. The van der Waals surface area contributed by atoms with Gasteiger partial charge in [-0.2, -0.15) is 10.2 Å². The molecule has 0 atom stereocenters. The number of hydrogen-bond acceptors (Lipinski definition) is 4. The molecule has 1 amide bonds. The summed E-state index contributed by atoms with van der Waals surface area (Å²) < 4.78 is 28.8. The first-order valence-corrected chi connectivity index (χ1v) is 8.04. The van der Waals surface area contributed by atoms with Crippen LogP contribution in [0.2, 0.25) is 0 Å². The largest absolute Gasteiger partial charge is 0.326 e. The van der Waals surface area contributed by atoms with Crippen LogP contribution in [0.3, 0.4) is 0 Å². The number of H-pyrrole nitrogens is 1. The lowest BCUT2D eigenvalue weighted by Crippen LogP contribution is -2.12. The van der Waals surface area contributed by atoms with Crippen LogP contribution in [-0.4, -0.2) is 25.7 Å². The Balaban J connectivity index is 1.61. The predicted octanol–water partition coefficient (Wildman–Crippen LogP) is 2.71. The number of nitrogens with one attached hydrogen (secondary N) is 2. The number of hydrogen-bond donors (Lipinski definition) is 3. The lowest BCUT2D eigenvalue weighted by atomic mass is 10.1. The highest BCUT2D eigenvalue weighted by atomic mass is 19.2. The van der Waals surface area contributed by atoms with Crippen LogP contribution in [0.4, 0.5) is 14.6 Å². The third-order valence-corrected chi connectivity index (χ3v) is 4.13. The zero-order chi connectivity index (χ0) is 19.0. The maximum atomic E-state index is 13.9. The van der Waals surface area contributed by atoms with Gasteiger partial charge in [0, 0.05) is 24.4 Å². The number of aromatic amines is 1. The molecule has 4 aromatic rings. The van der Waals surface area contributed by atoms with Gasteiger partial charge < -0.3 is 11.1 Å². The van der Waals surface area contributed by atoms with Crippen molar-refractivity contribution in [1.82, 2.24) is 19.8 Å². The molecule has 0 aliphatic heterocycles. The molecule has 136 valence electrons. The van der Waals surface area contributed by atoms with Crippen molar-refractivity contribution in [3.8, 4) is 11.3 Å². The average Bonchev–Trinajstić information content (AvgIpc) is 3.30. The Morgan fingerprint density at radius 1 is 1.26 bits per heavy atom. The number of rotatable bonds is 4. The molecule has 0 saturated carbocycles. The van der Waals surface area contributed by atoms with Crippen molar-refractivity contribution >= 4 is 17.2 Å². The molecular weight excluding hydrogens is 354 g/mol. The van der Waals surface area contributed by atoms with E-state index < -0.39 is 17.5 Å². The standard InChI is InChI=1S/C18H14F2N6O/c19-13-3-1-2-11(17(13)20)14-7-16(25-24-14)23-18(27)12-9-22-26-5-4-10(8-21)6-15(12)26/h1-7,9H,8,21H2,(H2,23,24,25,27). The molecule has 4 rings (SSSR count). The number of benzene rings is 1. The molecule has 4 N–H and O–H groups in total. The third-order valence-electron chi connectivity index (χ3n) is 4.13. The molecule has 27 heavy (non-hydrogen) atoms. The van der Waals surface area contributed by atoms with Crippen molar-refractivity contribution < 1.29 is 13.6 Å². The van der Waals surface area contributed by atoms with E-state index in [4.69, 9.17) is 5.73 Å². The van der Waals surface area contributed by atoms with Crippen LogP contribution >= 0.6 is 0 Å². The Labute approximate surface area is 151 Å². The van der Waals surface area contributed by atoms with Crippen LogP contribution in [0.1, 0.15) is 15.9 Å². The van der Waals surface area contributed by atoms with E-state index in [0.29, 0.717) is 17.6 Å². The molecule has 3 aromatic heterocycles. The summed E-state index contributed by atoms with van der Waals surface area (Å²) in [6.07, 6.45) is 3.15. The summed E-state index contributed by atoms with van der Waals surface area (Å²) in [6, 6.07) is 8.85. The second kappa shape index (κ2) is 6.61. The molecular formula is C18H14F2N6O. The second-order valence-electron chi connectivity index (χ2n) is 5.85. The number of nitrogens with two attached hydrogens (primary N) is 1. The molecule has 0 radical (unpaired) electrons. The lowest BCUT2D eigenvalue weighted by molar-refractivity contribution is 0.102. The Morgan fingerprint density at radius 2 is 2.11 bits per heavy atom. The minimum atomic E-state index is -0.990. The smallest absolute Gasteiger partial charge is 0.260 e. The summed E-state index contributed by atoms with van der Waals surface area (Å²) in [7, 11) is 0. The third kappa shape index (κ3) is 3.04. The van der Waals surface area contributed by atoms with Gasteiger partial charge in [0.1, 0.15) is 0 Å². The number of aromatic nitrogens is 4. The zero-order valence-corrected chi connectivity index (χ0v) is 13.9. The van der Waals surface area contributed by atoms with E-state index in [1.807, 2.05) is 6.07 Å². The molecule has 0 aliphatic carbocycles. The van der Waals surface area contributed by atoms with Gasteiger partial charge in [-0.1, -0.05) is 6.07 Å². The highest BCUT2D eigenvalue weighted by Crippen LogP contribution is 2.25. The summed E-state index contributed by atoms with van der Waals surface area (Å²) in [5.74, 6) is -2.21. The Morgan fingerprint density at radius 3 is 2.93 bits per heavy atom. The van der Waals surface area contributed by atoms with E-state index >= 15 is 0 Å². The van der Waals surface area contributed by atoms with Gasteiger partial charge in [-0.15, -0.1) is 0 Å². The first-order chi connectivity index (χ1) is 13.1. The first kappa shape index (κ1) is 16.9. The van der Waals surface area contributed by atoms with Crippen molar-refractivity contribution in [2.24, 2.45) is 5.73 Å². The number of carbonyl (C=O) groups excluding carboxylic acids is 1. The highest BCUT2D eigenvalue weighted by Gasteiger charge is 2.16. The number of amides is 1. The highest BCUT2D eigenvalue weighted by molar-refractivity contribution is 6.08. The van der Waals surface area contributed by atoms with E-state index in [2.05, 4.69) is 20.6 Å². The van der Waals surface area contributed by atoms with Gasteiger partial charge in [0.15, 0.2) is 17.5 Å². The second-order valence-corrected chi connectivity index (χ2v) is 5.85. The summed E-state index contributed by atoms with van der Waals surface area (Å²) in [5, 5.41) is 13.3. The Hall–Kier alpha value is -3.59. The van der Waals surface area contributed by atoms with Crippen LogP contribution in [0.25, 0.3) is 16.8 Å². The minimum absolute atomic E-state index is 0.0200. The summed E-state index contributed by atoms with van der Waals surface area (Å²) >= 11 is 0. The predicted molar refractivity (Wildman–Crippen MR) is 95.0 cm³/mol. The number of carbonyl (C=O) groups is 1. The van der Waals surface area contributed by atoms with Gasteiger partial charge in [0.05, 0.1) is 23.0 Å². The molecule has 3 heterocycles. The maximum absolute atomic E-state index is 13.9. The van der Waals surface area contributed by atoms with Crippen LogP contribution in [-0.2, 0) is 6.54 Å². The number of anilines is 1. The fraction of sp³-hybridized carbons (Fsp3) is 0.0556. The first-order valence-electron chi connectivity index (χ1n) is 8.04. The molecule has 0 saturated heterocycles. The topological polar surface area (TPSA) is 101 Å². The molecule has 0 unspecified atom stereocenters. The Kier molecular flexibility index (Phi) is 4.13. The zero-order valence-electron chi connectivity index (χ0n) is 13.9. The number of halogens is 2. The van der Waals surface area contributed by atoms with Crippen LogP contribution < -0.4 is 11.1 Å².